The molecule has 0 saturated heterocycles. The summed E-state index contributed by atoms with van der Waals surface area (Å²) in [7, 11) is 7.99. The van der Waals surface area contributed by atoms with E-state index < -0.39 is 23.4 Å². The zero-order valence-electron chi connectivity index (χ0n) is 28.4. The van der Waals surface area contributed by atoms with Gasteiger partial charge < -0.3 is 29.9 Å². The summed E-state index contributed by atoms with van der Waals surface area (Å²) in [6.07, 6.45) is 2.23. The quantitative estimate of drug-likeness (QED) is 0.275. The van der Waals surface area contributed by atoms with Gasteiger partial charge in [0, 0.05) is 13.1 Å². The molecule has 0 saturated carbocycles. The van der Waals surface area contributed by atoms with Gasteiger partial charge in [-0.05, 0) is 143 Å². The van der Waals surface area contributed by atoms with Crippen LogP contribution in [0.4, 0.5) is 18.4 Å². The molecular weight excluding hydrogens is 566 g/mol. The Labute approximate surface area is 263 Å². The maximum atomic E-state index is 13.8. The molecule has 0 aliphatic heterocycles. The van der Waals surface area contributed by atoms with Crippen molar-refractivity contribution in [2.75, 3.05) is 41.3 Å². The predicted octanol–water partition coefficient (Wildman–Crippen LogP) is 6.69. The van der Waals surface area contributed by atoms with Gasteiger partial charge in [-0.3, -0.25) is 0 Å². The number of carbonyl (C=O) groups is 2. The van der Waals surface area contributed by atoms with E-state index in [0.29, 0.717) is 37.1 Å². The number of nitrogens with one attached hydrogen (secondary N) is 2. The summed E-state index contributed by atoms with van der Waals surface area (Å²) in [5.74, 6) is -0.389. The topological polar surface area (TPSA) is 83.1 Å². The zero-order valence-corrected chi connectivity index (χ0v) is 28.4. The molecule has 0 unspecified atom stereocenters. The largest absolute Gasteiger partial charge is 0.444 e. The highest BCUT2D eigenvalue weighted by Crippen LogP contribution is 2.15. The van der Waals surface area contributed by atoms with Crippen molar-refractivity contribution in [1.82, 2.24) is 20.4 Å². The van der Waals surface area contributed by atoms with E-state index in [0.717, 1.165) is 37.1 Å². The minimum atomic E-state index is -0.524. The third-order valence-electron chi connectivity index (χ3n) is 5.99. The molecule has 2 aromatic carbocycles. The van der Waals surface area contributed by atoms with Gasteiger partial charge in [-0.1, -0.05) is 24.3 Å². The van der Waals surface area contributed by atoms with Crippen LogP contribution in [0.5, 0.6) is 0 Å². The van der Waals surface area contributed by atoms with Crippen LogP contribution < -0.4 is 10.6 Å². The summed E-state index contributed by atoms with van der Waals surface area (Å²) in [6.45, 7) is 13.4. The number of amides is 2. The minimum absolute atomic E-state index is 0.195. The van der Waals surface area contributed by atoms with E-state index in [1.165, 1.54) is 12.1 Å². The van der Waals surface area contributed by atoms with Crippen molar-refractivity contribution in [2.24, 2.45) is 0 Å². The van der Waals surface area contributed by atoms with Gasteiger partial charge in [0.1, 0.15) is 22.8 Å². The molecule has 8 nitrogen and oxygen atoms in total. The van der Waals surface area contributed by atoms with E-state index in [4.69, 9.17) is 9.47 Å². The summed E-state index contributed by atoms with van der Waals surface area (Å²) < 4.78 is 37.9. The monoisotopic (exact) mass is 620 g/mol. The fraction of sp³-hybridized carbons (Fsp3) is 0.588. The molecule has 0 aromatic heterocycles. The van der Waals surface area contributed by atoms with Crippen LogP contribution in [-0.2, 0) is 35.4 Å². The average Bonchev–Trinajstić information content (AvgIpc) is 2.87. The smallest absolute Gasteiger partial charge is 0.407 e. The van der Waals surface area contributed by atoms with Crippen molar-refractivity contribution in [2.45, 2.75) is 91.5 Å². The second-order valence-corrected chi connectivity index (χ2v) is 13.4. The molecule has 2 rings (SSSR count). The summed E-state index contributed by atoms with van der Waals surface area (Å²) in [6, 6.07) is 9.89. The highest BCUT2D eigenvalue weighted by atomic mass is 19.1. The van der Waals surface area contributed by atoms with Crippen molar-refractivity contribution in [1.29, 1.82) is 0 Å². The van der Waals surface area contributed by atoms with E-state index in [9.17, 15) is 18.4 Å². The van der Waals surface area contributed by atoms with E-state index in [1.807, 2.05) is 81.9 Å². The second kappa shape index (κ2) is 18.5. The lowest BCUT2D eigenvalue weighted by Crippen LogP contribution is -2.32. The molecule has 2 amide bonds. The number of aryl methyl sites for hydroxylation is 2. The van der Waals surface area contributed by atoms with E-state index in [2.05, 4.69) is 20.4 Å². The van der Waals surface area contributed by atoms with E-state index >= 15 is 0 Å². The number of halogens is 2. The van der Waals surface area contributed by atoms with Gasteiger partial charge in [0.25, 0.3) is 0 Å². The molecule has 0 radical (unpaired) electrons. The van der Waals surface area contributed by atoms with Crippen molar-refractivity contribution in [3.8, 4) is 0 Å². The van der Waals surface area contributed by atoms with Gasteiger partial charge in [-0.15, -0.1) is 0 Å². The normalized spacial score (nSPS) is 11.6. The summed E-state index contributed by atoms with van der Waals surface area (Å²) >= 11 is 0. The van der Waals surface area contributed by atoms with Crippen molar-refractivity contribution < 1.29 is 27.8 Å². The van der Waals surface area contributed by atoms with Gasteiger partial charge in [0.05, 0.1) is 0 Å². The first-order valence-electron chi connectivity index (χ1n) is 15.1. The molecule has 10 heteroatoms. The Bertz CT molecular complexity index is 1080. The Morgan fingerprint density at radius 3 is 1.30 bits per heavy atom. The number of hydrogen-bond acceptors (Lipinski definition) is 6. The number of rotatable bonds is 12. The molecule has 0 spiro atoms. The van der Waals surface area contributed by atoms with E-state index in [-0.39, 0.29) is 11.6 Å². The zero-order chi connectivity index (χ0) is 33.5. The number of ether oxygens (including phenoxy) is 2. The van der Waals surface area contributed by atoms with Crippen molar-refractivity contribution >= 4 is 12.2 Å². The van der Waals surface area contributed by atoms with Crippen LogP contribution in [0.1, 0.15) is 76.6 Å². The van der Waals surface area contributed by atoms with Crippen LogP contribution in [0.3, 0.4) is 0 Å². The fourth-order valence-electron chi connectivity index (χ4n) is 4.01. The maximum Gasteiger partial charge on any atom is 0.407 e. The van der Waals surface area contributed by atoms with Crippen LogP contribution in [-0.4, -0.2) is 74.5 Å². The Morgan fingerprint density at radius 2 is 1.00 bits per heavy atom. The van der Waals surface area contributed by atoms with Gasteiger partial charge in [0.2, 0.25) is 0 Å². The van der Waals surface area contributed by atoms with Crippen molar-refractivity contribution in [3.63, 3.8) is 0 Å². The highest BCUT2D eigenvalue weighted by Gasteiger charge is 2.17. The molecule has 0 bridgehead atoms. The third kappa shape index (κ3) is 18.4. The molecule has 0 heterocycles. The number of benzene rings is 2. The van der Waals surface area contributed by atoms with Gasteiger partial charge in [-0.2, -0.15) is 0 Å². The lowest BCUT2D eigenvalue weighted by atomic mass is 10.1. The van der Waals surface area contributed by atoms with Gasteiger partial charge in [0.15, 0.2) is 0 Å². The van der Waals surface area contributed by atoms with E-state index in [1.54, 1.807) is 12.1 Å². The Hall–Kier alpha value is -3.24. The highest BCUT2D eigenvalue weighted by molar-refractivity contribution is 5.68. The standard InChI is InChI=1S/2C17H27FN2O2/c2*1-17(2,3)22-16(21)19-12-13-8-9-15(18)14(11-13)7-6-10-20(4)5/h2*8-9,11H,6-7,10,12H2,1-5H3,(H,19,21). The van der Waals surface area contributed by atoms with Gasteiger partial charge >= 0.3 is 12.2 Å². The Balaban J connectivity index is 0.000000440. The summed E-state index contributed by atoms with van der Waals surface area (Å²) in [5.41, 5.74) is 2.06. The first-order valence-corrected chi connectivity index (χ1v) is 15.1. The maximum absolute atomic E-state index is 13.8. The number of carbonyl (C=O) groups excluding carboxylic acids is 2. The second-order valence-electron chi connectivity index (χ2n) is 13.4. The molecule has 0 aliphatic carbocycles. The van der Waals surface area contributed by atoms with Crippen LogP contribution in [0.25, 0.3) is 0 Å². The molecule has 2 N–H and O–H groups in total. The predicted molar refractivity (Wildman–Crippen MR) is 173 cm³/mol. The average molecular weight is 621 g/mol. The van der Waals surface area contributed by atoms with Crippen LogP contribution in [0.15, 0.2) is 36.4 Å². The first-order chi connectivity index (χ1) is 20.3. The van der Waals surface area contributed by atoms with Crippen LogP contribution in [0.2, 0.25) is 0 Å². The van der Waals surface area contributed by atoms with Gasteiger partial charge in [-0.25, -0.2) is 18.4 Å². The van der Waals surface area contributed by atoms with Crippen LogP contribution in [0, 0.1) is 11.6 Å². The summed E-state index contributed by atoms with van der Waals surface area (Å²) in [4.78, 5) is 27.4. The molecule has 0 fully saturated rings. The number of hydrogen-bond donors (Lipinski definition) is 2. The molecule has 44 heavy (non-hydrogen) atoms. The number of nitrogens with zero attached hydrogens (tertiary/aromatic N) is 2. The molecular formula is C34H54F2N4O4. The lowest BCUT2D eigenvalue weighted by Gasteiger charge is -2.19. The lowest BCUT2D eigenvalue weighted by molar-refractivity contribution is 0.0512. The molecule has 0 atom stereocenters. The molecule has 248 valence electrons. The Morgan fingerprint density at radius 1 is 0.659 bits per heavy atom. The molecule has 0 aliphatic rings. The first kappa shape index (κ1) is 38.8. The third-order valence-corrected chi connectivity index (χ3v) is 5.99. The van der Waals surface area contributed by atoms with Crippen LogP contribution >= 0.6 is 0 Å². The Kier molecular flexibility index (Phi) is 16.3. The minimum Gasteiger partial charge on any atom is -0.444 e. The van der Waals surface area contributed by atoms with Crippen molar-refractivity contribution in [3.05, 3.63) is 70.3 Å². The SMILES string of the molecule is CN(C)CCCc1cc(CNC(=O)OC(C)(C)C)ccc1F.CN(C)CCCc1cc(CNC(=O)OC(C)(C)C)ccc1F. The number of alkyl carbamates (subject to hydrolysis) is 2. The summed E-state index contributed by atoms with van der Waals surface area (Å²) in [5, 5.41) is 5.37. The fourth-order valence-corrected chi connectivity index (χ4v) is 4.01. The molecule has 2 aromatic rings.